The Hall–Kier alpha value is -2.35. The van der Waals surface area contributed by atoms with Crippen molar-refractivity contribution in [2.45, 2.75) is 25.7 Å². The number of ether oxygens (including phenoxy) is 3. The molecule has 0 bridgehead atoms. The van der Waals surface area contributed by atoms with E-state index in [0.717, 1.165) is 29.4 Å². The molecule has 0 N–H and O–H groups in total. The zero-order valence-electron chi connectivity index (χ0n) is 15.4. The predicted molar refractivity (Wildman–Crippen MR) is 98.6 cm³/mol. The van der Waals surface area contributed by atoms with E-state index in [0.29, 0.717) is 29.4 Å². The van der Waals surface area contributed by atoms with Crippen molar-refractivity contribution in [1.29, 1.82) is 0 Å². The number of rotatable bonds is 5. The van der Waals surface area contributed by atoms with E-state index in [1.54, 1.807) is 44.8 Å². The number of hydrogen-bond donors (Lipinski definition) is 0. The van der Waals surface area contributed by atoms with E-state index in [9.17, 15) is 4.79 Å². The van der Waals surface area contributed by atoms with Gasteiger partial charge in [0.2, 0.25) is 5.75 Å². The van der Waals surface area contributed by atoms with Gasteiger partial charge in [0.05, 0.1) is 21.3 Å². The molecule has 1 aromatic heterocycles. The fourth-order valence-corrected chi connectivity index (χ4v) is 4.05. The Bertz CT molecular complexity index is 767. The van der Waals surface area contributed by atoms with Crippen LogP contribution in [0.4, 0.5) is 0 Å². The summed E-state index contributed by atoms with van der Waals surface area (Å²) in [6.45, 7) is 3.32. The van der Waals surface area contributed by atoms with Gasteiger partial charge in [-0.1, -0.05) is 0 Å². The lowest BCUT2D eigenvalue weighted by atomic mass is 9.98. The van der Waals surface area contributed by atoms with E-state index >= 15 is 0 Å². The number of nitrogens with zero attached hydrogens (tertiary/aromatic N) is 3. The van der Waals surface area contributed by atoms with Gasteiger partial charge in [0.25, 0.3) is 5.91 Å². The highest BCUT2D eigenvalue weighted by Gasteiger charge is 2.28. The van der Waals surface area contributed by atoms with Crippen molar-refractivity contribution in [1.82, 2.24) is 15.1 Å². The highest BCUT2D eigenvalue weighted by Crippen LogP contribution is 2.39. The second-order valence-electron chi connectivity index (χ2n) is 6.16. The summed E-state index contributed by atoms with van der Waals surface area (Å²) in [6.07, 6.45) is 1.97. The highest BCUT2D eigenvalue weighted by atomic mass is 32.1. The minimum absolute atomic E-state index is 0.0461. The molecule has 140 valence electrons. The molecule has 0 unspecified atom stereocenters. The van der Waals surface area contributed by atoms with Gasteiger partial charge in [-0.3, -0.25) is 4.79 Å². The number of aromatic nitrogens is 2. The van der Waals surface area contributed by atoms with Crippen molar-refractivity contribution in [2.75, 3.05) is 34.4 Å². The van der Waals surface area contributed by atoms with Gasteiger partial charge in [0.1, 0.15) is 10.0 Å². The van der Waals surface area contributed by atoms with Gasteiger partial charge in [-0.05, 0) is 31.9 Å². The first-order valence-electron chi connectivity index (χ1n) is 8.46. The minimum Gasteiger partial charge on any atom is -0.493 e. The van der Waals surface area contributed by atoms with Crippen molar-refractivity contribution in [3.63, 3.8) is 0 Å². The molecule has 1 aliphatic heterocycles. The lowest BCUT2D eigenvalue weighted by Gasteiger charge is -2.32. The summed E-state index contributed by atoms with van der Waals surface area (Å²) >= 11 is 1.60. The van der Waals surface area contributed by atoms with Crippen LogP contribution < -0.4 is 14.2 Å². The maximum Gasteiger partial charge on any atom is 0.254 e. The topological polar surface area (TPSA) is 73.8 Å². The lowest BCUT2D eigenvalue weighted by Crippen LogP contribution is -2.39. The second-order valence-corrected chi connectivity index (χ2v) is 7.38. The first-order valence-corrected chi connectivity index (χ1v) is 9.28. The number of carbonyl (C=O) groups is 1. The maximum atomic E-state index is 13.1. The Kier molecular flexibility index (Phi) is 5.61. The van der Waals surface area contributed by atoms with Crippen LogP contribution >= 0.6 is 11.3 Å². The van der Waals surface area contributed by atoms with Crippen LogP contribution in [0.1, 0.15) is 39.1 Å². The van der Waals surface area contributed by atoms with Gasteiger partial charge >= 0.3 is 0 Å². The summed E-state index contributed by atoms with van der Waals surface area (Å²) < 4.78 is 16.0. The standard InChI is InChI=1S/C18H23N3O4S/c1-11-19-20-17(26-11)12-6-5-7-21(10-12)18(22)13-8-14(23-2)16(25-4)15(9-13)24-3/h8-9,12H,5-7,10H2,1-4H3/t12-/m0/s1. The van der Waals surface area contributed by atoms with Crippen molar-refractivity contribution in [2.24, 2.45) is 0 Å². The van der Waals surface area contributed by atoms with Crippen LogP contribution in [0.3, 0.4) is 0 Å². The average molecular weight is 377 g/mol. The van der Waals surface area contributed by atoms with E-state index in [2.05, 4.69) is 10.2 Å². The minimum atomic E-state index is -0.0461. The fraction of sp³-hybridized carbons (Fsp3) is 0.500. The second kappa shape index (κ2) is 7.90. The van der Waals surface area contributed by atoms with Crippen molar-refractivity contribution < 1.29 is 19.0 Å². The molecule has 1 saturated heterocycles. The summed E-state index contributed by atoms with van der Waals surface area (Å²) in [5.41, 5.74) is 0.522. The quantitative estimate of drug-likeness (QED) is 0.798. The molecule has 0 aliphatic carbocycles. The molecule has 0 spiro atoms. The van der Waals surface area contributed by atoms with Crippen LogP contribution in [-0.4, -0.2) is 55.4 Å². The number of benzene rings is 1. The maximum absolute atomic E-state index is 13.1. The third-order valence-corrected chi connectivity index (χ3v) is 5.51. The van der Waals surface area contributed by atoms with E-state index in [-0.39, 0.29) is 11.8 Å². The first kappa shape index (κ1) is 18.4. The van der Waals surface area contributed by atoms with Gasteiger partial charge in [-0.25, -0.2) is 0 Å². The third-order valence-electron chi connectivity index (χ3n) is 4.51. The van der Waals surface area contributed by atoms with Gasteiger partial charge in [0.15, 0.2) is 11.5 Å². The SMILES string of the molecule is COc1cc(C(=O)N2CCC[C@H](c3nnc(C)s3)C2)cc(OC)c1OC. The normalized spacial score (nSPS) is 17.1. The fourth-order valence-electron chi connectivity index (χ4n) is 3.23. The number of amides is 1. The molecular weight excluding hydrogens is 354 g/mol. The van der Waals surface area contributed by atoms with Crippen LogP contribution in [0.25, 0.3) is 0 Å². The molecule has 1 aromatic carbocycles. The first-order chi connectivity index (χ1) is 12.6. The molecule has 1 aliphatic rings. The van der Waals surface area contributed by atoms with E-state index in [1.165, 1.54) is 0 Å². The summed E-state index contributed by atoms with van der Waals surface area (Å²) in [5, 5.41) is 10.3. The predicted octanol–water partition coefficient (Wildman–Crippen LogP) is 2.89. The van der Waals surface area contributed by atoms with Gasteiger partial charge in [-0.15, -0.1) is 21.5 Å². The number of piperidine rings is 1. The monoisotopic (exact) mass is 377 g/mol. The van der Waals surface area contributed by atoms with E-state index in [1.807, 2.05) is 11.8 Å². The molecule has 2 heterocycles. The van der Waals surface area contributed by atoms with Crippen molar-refractivity contribution in [3.05, 3.63) is 27.7 Å². The zero-order valence-corrected chi connectivity index (χ0v) is 16.3. The summed E-state index contributed by atoms with van der Waals surface area (Å²) in [7, 11) is 4.63. The van der Waals surface area contributed by atoms with Crippen LogP contribution in [0.5, 0.6) is 17.2 Å². The molecule has 1 amide bonds. The van der Waals surface area contributed by atoms with Gasteiger partial charge in [-0.2, -0.15) is 0 Å². The molecule has 1 atom stereocenters. The van der Waals surface area contributed by atoms with Crippen LogP contribution in [0, 0.1) is 6.92 Å². The number of likely N-dealkylation sites (tertiary alicyclic amines) is 1. The average Bonchev–Trinajstić information content (AvgIpc) is 3.12. The Balaban J connectivity index is 1.84. The molecule has 26 heavy (non-hydrogen) atoms. The van der Waals surface area contributed by atoms with Gasteiger partial charge in [0, 0.05) is 24.6 Å². The van der Waals surface area contributed by atoms with E-state index < -0.39 is 0 Å². The van der Waals surface area contributed by atoms with Crippen molar-refractivity contribution in [3.8, 4) is 17.2 Å². The third kappa shape index (κ3) is 3.60. The van der Waals surface area contributed by atoms with Crippen LogP contribution in [-0.2, 0) is 0 Å². The highest BCUT2D eigenvalue weighted by molar-refractivity contribution is 7.11. The molecule has 0 saturated carbocycles. The number of methoxy groups -OCH3 is 3. The largest absolute Gasteiger partial charge is 0.493 e. The molecule has 2 aromatic rings. The van der Waals surface area contributed by atoms with Crippen LogP contribution in [0.2, 0.25) is 0 Å². The molecule has 3 rings (SSSR count). The molecular formula is C18H23N3O4S. The molecule has 8 heteroatoms. The summed E-state index contributed by atoms with van der Waals surface area (Å²) in [5.74, 6) is 1.62. The number of hydrogen-bond acceptors (Lipinski definition) is 7. The Labute approximate surface area is 156 Å². The van der Waals surface area contributed by atoms with Crippen LogP contribution in [0.15, 0.2) is 12.1 Å². The lowest BCUT2D eigenvalue weighted by molar-refractivity contribution is 0.0706. The van der Waals surface area contributed by atoms with E-state index in [4.69, 9.17) is 14.2 Å². The smallest absolute Gasteiger partial charge is 0.254 e. The Morgan fingerprint density at radius 3 is 2.38 bits per heavy atom. The zero-order chi connectivity index (χ0) is 18.7. The molecule has 7 nitrogen and oxygen atoms in total. The Morgan fingerprint density at radius 2 is 1.85 bits per heavy atom. The molecule has 1 fully saturated rings. The number of aryl methyl sites for hydroxylation is 1. The van der Waals surface area contributed by atoms with Gasteiger partial charge < -0.3 is 19.1 Å². The van der Waals surface area contributed by atoms with Crippen molar-refractivity contribution >= 4 is 17.2 Å². The summed E-state index contributed by atoms with van der Waals surface area (Å²) in [6, 6.07) is 3.39. The summed E-state index contributed by atoms with van der Waals surface area (Å²) in [4.78, 5) is 14.9. The number of carbonyl (C=O) groups excluding carboxylic acids is 1. The molecule has 0 radical (unpaired) electrons. The Morgan fingerprint density at radius 1 is 1.15 bits per heavy atom.